The van der Waals surface area contributed by atoms with Gasteiger partial charge in [0, 0.05) is 11.8 Å². The van der Waals surface area contributed by atoms with Gasteiger partial charge >= 0.3 is 0 Å². The fraction of sp³-hybridized carbons (Fsp3) is 0.250. The number of nitrogens with one attached hydrogen (secondary N) is 1. The average molecular weight is 395 g/mol. The SMILES string of the molecule is Cc1cc(C)cc(C2=NC(c3c(C)cccc3C)=CNC2c2cc(C)cc(C)c2)c1. The Labute approximate surface area is 180 Å². The molecule has 1 atom stereocenters. The number of benzene rings is 3. The van der Waals surface area contributed by atoms with Crippen LogP contribution in [0.4, 0.5) is 0 Å². The van der Waals surface area contributed by atoms with Crippen LogP contribution >= 0.6 is 0 Å². The molecule has 0 amide bonds. The van der Waals surface area contributed by atoms with Crippen molar-refractivity contribution >= 4 is 11.4 Å². The zero-order valence-electron chi connectivity index (χ0n) is 18.8. The van der Waals surface area contributed by atoms with Crippen molar-refractivity contribution in [2.45, 2.75) is 47.6 Å². The van der Waals surface area contributed by atoms with Gasteiger partial charge in [0.15, 0.2) is 0 Å². The van der Waals surface area contributed by atoms with Crippen molar-refractivity contribution in [3.05, 3.63) is 111 Å². The molecule has 1 heterocycles. The summed E-state index contributed by atoms with van der Waals surface area (Å²) in [5.74, 6) is 0. The maximum absolute atomic E-state index is 5.26. The first-order chi connectivity index (χ1) is 14.3. The maximum Gasteiger partial charge on any atom is 0.0942 e. The second-order valence-corrected chi connectivity index (χ2v) is 8.69. The molecule has 0 aromatic heterocycles. The van der Waals surface area contributed by atoms with E-state index in [9.17, 15) is 0 Å². The van der Waals surface area contributed by atoms with Gasteiger partial charge in [-0.05, 0) is 63.8 Å². The molecule has 0 radical (unpaired) electrons. The van der Waals surface area contributed by atoms with E-state index in [1.807, 2.05) is 0 Å². The molecular weight excluding hydrogens is 364 g/mol. The monoisotopic (exact) mass is 394 g/mol. The van der Waals surface area contributed by atoms with Gasteiger partial charge in [-0.15, -0.1) is 0 Å². The molecule has 4 rings (SSSR count). The van der Waals surface area contributed by atoms with Crippen LogP contribution in [0.5, 0.6) is 0 Å². The highest BCUT2D eigenvalue weighted by atomic mass is 15.0. The Kier molecular flexibility index (Phi) is 5.34. The largest absolute Gasteiger partial charge is 0.377 e. The molecule has 0 bridgehead atoms. The molecular formula is C28H30N2. The quantitative estimate of drug-likeness (QED) is 0.527. The third kappa shape index (κ3) is 3.95. The summed E-state index contributed by atoms with van der Waals surface area (Å²) >= 11 is 0. The van der Waals surface area contributed by atoms with E-state index < -0.39 is 0 Å². The first-order valence-corrected chi connectivity index (χ1v) is 10.6. The Morgan fingerprint density at radius 1 is 0.700 bits per heavy atom. The Balaban J connectivity index is 1.89. The molecule has 0 aliphatic carbocycles. The second-order valence-electron chi connectivity index (χ2n) is 8.69. The van der Waals surface area contributed by atoms with Crippen molar-refractivity contribution in [3.8, 4) is 0 Å². The number of hydrogen-bond donors (Lipinski definition) is 1. The van der Waals surface area contributed by atoms with E-state index in [0.29, 0.717) is 0 Å². The summed E-state index contributed by atoms with van der Waals surface area (Å²) in [7, 11) is 0. The molecule has 1 N–H and O–H groups in total. The van der Waals surface area contributed by atoms with E-state index in [-0.39, 0.29) is 6.04 Å². The van der Waals surface area contributed by atoms with Crippen LogP contribution in [0, 0.1) is 41.5 Å². The lowest BCUT2D eigenvalue weighted by atomic mass is 9.90. The molecule has 0 saturated carbocycles. The number of rotatable bonds is 3. The van der Waals surface area contributed by atoms with Gasteiger partial charge in [0.05, 0.1) is 17.5 Å². The van der Waals surface area contributed by atoms with Crippen LogP contribution in [-0.2, 0) is 0 Å². The van der Waals surface area contributed by atoms with Gasteiger partial charge < -0.3 is 5.32 Å². The van der Waals surface area contributed by atoms with Crippen LogP contribution in [0.2, 0.25) is 0 Å². The van der Waals surface area contributed by atoms with Crippen LogP contribution in [0.15, 0.2) is 65.8 Å². The van der Waals surface area contributed by atoms with Crippen molar-refractivity contribution in [1.82, 2.24) is 5.32 Å². The number of nitrogens with zero attached hydrogens (tertiary/aromatic N) is 1. The number of hydrogen-bond acceptors (Lipinski definition) is 2. The first kappa shape index (κ1) is 20.2. The zero-order chi connectivity index (χ0) is 21.4. The van der Waals surface area contributed by atoms with E-state index in [1.54, 1.807) is 0 Å². The molecule has 2 nitrogen and oxygen atoms in total. The molecule has 1 unspecified atom stereocenters. The van der Waals surface area contributed by atoms with Crippen LogP contribution in [-0.4, -0.2) is 5.71 Å². The van der Waals surface area contributed by atoms with Gasteiger partial charge in [-0.3, -0.25) is 0 Å². The summed E-state index contributed by atoms with van der Waals surface area (Å²) in [6.07, 6.45) is 2.09. The van der Waals surface area contributed by atoms with Crippen molar-refractivity contribution < 1.29 is 0 Å². The number of aliphatic imine (C=N–C) groups is 1. The highest BCUT2D eigenvalue weighted by molar-refractivity contribution is 6.08. The van der Waals surface area contributed by atoms with E-state index >= 15 is 0 Å². The van der Waals surface area contributed by atoms with E-state index in [0.717, 1.165) is 11.4 Å². The molecule has 30 heavy (non-hydrogen) atoms. The molecule has 2 heteroatoms. The van der Waals surface area contributed by atoms with Gasteiger partial charge in [-0.1, -0.05) is 76.9 Å². The molecule has 0 fully saturated rings. The third-order valence-corrected chi connectivity index (χ3v) is 5.73. The van der Waals surface area contributed by atoms with Gasteiger partial charge in [0.1, 0.15) is 0 Å². The van der Waals surface area contributed by atoms with Gasteiger partial charge in [-0.25, -0.2) is 4.99 Å². The Hall–Kier alpha value is -3.13. The molecule has 1 aliphatic rings. The summed E-state index contributed by atoms with van der Waals surface area (Å²) in [4.78, 5) is 5.26. The lowest BCUT2D eigenvalue weighted by molar-refractivity contribution is 0.780. The average Bonchev–Trinajstić information content (AvgIpc) is 2.66. The Morgan fingerprint density at radius 2 is 1.23 bits per heavy atom. The fourth-order valence-electron chi connectivity index (χ4n) is 4.60. The molecule has 3 aromatic carbocycles. The minimum atomic E-state index is 0.0258. The van der Waals surface area contributed by atoms with Crippen molar-refractivity contribution in [2.24, 2.45) is 4.99 Å². The number of aryl methyl sites for hydroxylation is 6. The van der Waals surface area contributed by atoms with Crippen molar-refractivity contribution in [1.29, 1.82) is 0 Å². The van der Waals surface area contributed by atoms with Crippen molar-refractivity contribution in [2.75, 3.05) is 0 Å². The standard InChI is InChI=1S/C28H30N2/c1-17-10-18(2)13-23(12-17)27-28(24-14-19(3)11-20(4)15-24)30-25(16-29-27)26-21(5)8-7-9-22(26)6/h7-16,27,29H,1-6H3. The first-order valence-electron chi connectivity index (χ1n) is 10.6. The topological polar surface area (TPSA) is 24.4 Å². The highest BCUT2D eigenvalue weighted by Gasteiger charge is 2.25. The van der Waals surface area contributed by atoms with E-state index in [2.05, 4.69) is 108 Å². The Bertz CT molecular complexity index is 1120. The third-order valence-electron chi connectivity index (χ3n) is 5.73. The van der Waals surface area contributed by atoms with Gasteiger partial charge in [0.2, 0.25) is 0 Å². The summed E-state index contributed by atoms with van der Waals surface area (Å²) in [5, 5.41) is 3.69. The Morgan fingerprint density at radius 3 is 1.80 bits per heavy atom. The van der Waals surface area contributed by atoms with E-state index in [4.69, 9.17) is 4.99 Å². The lowest BCUT2D eigenvalue weighted by Crippen LogP contribution is -2.29. The zero-order valence-corrected chi connectivity index (χ0v) is 18.8. The lowest BCUT2D eigenvalue weighted by Gasteiger charge is -2.27. The minimum absolute atomic E-state index is 0.0258. The summed E-state index contributed by atoms with van der Waals surface area (Å²) in [6.45, 7) is 12.9. The molecule has 152 valence electrons. The smallest absolute Gasteiger partial charge is 0.0942 e. The van der Waals surface area contributed by atoms with Crippen LogP contribution in [0.3, 0.4) is 0 Å². The second kappa shape index (κ2) is 7.95. The summed E-state index contributed by atoms with van der Waals surface area (Å²) < 4.78 is 0. The summed E-state index contributed by atoms with van der Waals surface area (Å²) in [6, 6.07) is 19.9. The van der Waals surface area contributed by atoms with Crippen LogP contribution < -0.4 is 5.32 Å². The predicted molar refractivity (Wildman–Crippen MR) is 128 cm³/mol. The van der Waals surface area contributed by atoms with E-state index in [1.165, 1.54) is 50.1 Å². The van der Waals surface area contributed by atoms with Gasteiger partial charge in [0.25, 0.3) is 0 Å². The predicted octanol–water partition coefficient (Wildman–Crippen LogP) is 6.67. The van der Waals surface area contributed by atoms with Gasteiger partial charge in [-0.2, -0.15) is 0 Å². The minimum Gasteiger partial charge on any atom is -0.377 e. The molecule has 1 aliphatic heterocycles. The summed E-state index contributed by atoms with van der Waals surface area (Å²) in [5.41, 5.74) is 13.3. The molecule has 3 aromatic rings. The molecule has 0 spiro atoms. The van der Waals surface area contributed by atoms with Crippen LogP contribution in [0.1, 0.15) is 56.1 Å². The maximum atomic E-state index is 5.26. The van der Waals surface area contributed by atoms with Crippen LogP contribution in [0.25, 0.3) is 5.70 Å². The normalized spacial score (nSPS) is 16.0. The molecule has 0 saturated heterocycles. The van der Waals surface area contributed by atoms with Crippen molar-refractivity contribution in [3.63, 3.8) is 0 Å². The fourth-order valence-corrected chi connectivity index (χ4v) is 4.60. The highest BCUT2D eigenvalue weighted by Crippen LogP contribution is 2.32.